The van der Waals surface area contributed by atoms with Crippen molar-refractivity contribution < 1.29 is 5.11 Å². The van der Waals surface area contributed by atoms with Gasteiger partial charge in [-0.25, -0.2) is 0 Å². The Balaban J connectivity index is 2.76. The second-order valence-electron chi connectivity index (χ2n) is 4.38. The van der Waals surface area contributed by atoms with E-state index in [-0.39, 0.29) is 0 Å². The van der Waals surface area contributed by atoms with E-state index < -0.39 is 0 Å². The average molecular weight is 291 g/mol. The van der Waals surface area contributed by atoms with Crippen molar-refractivity contribution in [1.82, 2.24) is 0 Å². The first kappa shape index (κ1) is 12.2. The highest BCUT2D eigenvalue weighted by Crippen LogP contribution is 2.37. The van der Waals surface area contributed by atoms with Gasteiger partial charge in [0, 0.05) is 10.0 Å². The molecule has 0 aliphatic rings. The number of phenolic OH excluding ortho intramolecular Hbond substituents is 1. The molecule has 17 heavy (non-hydrogen) atoms. The predicted octanol–water partition coefficient (Wildman–Crippen LogP) is 4.75. The van der Waals surface area contributed by atoms with E-state index >= 15 is 0 Å². The Labute approximate surface area is 110 Å². The molecule has 88 valence electrons. The van der Waals surface area contributed by atoms with E-state index in [9.17, 15) is 5.11 Å². The number of aryl methyl sites for hydroxylation is 2. The minimum Gasteiger partial charge on any atom is -0.507 e. The standard InChI is InChI=1S/C15H15BrO/c1-9-4-7-14(17)12(8-9)15-10(2)5-6-13(16)11(15)3/h4-8,17H,1-3H3. The molecule has 0 bridgehead atoms. The van der Waals surface area contributed by atoms with Gasteiger partial charge >= 0.3 is 0 Å². The van der Waals surface area contributed by atoms with Gasteiger partial charge in [0.15, 0.2) is 0 Å². The number of rotatable bonds is 1. The molecular weight excluding hydrogens is 276 g/mol. The molecule has 2 heteroatoms. The summed E-state index contributed by atoms with van der Waals surface area (Å²) in [6.45, 7) is 6.16. The molecule has 1 nitrogen and oxygen atoms in total. The number of benzene rings is 2. The first-order valence-electron chi connectivity index (χ1n) is 5.56. The van der Waals surface area contributed by atoms with Crippen LogP contribution in [-0.2, 0) is 0 Å². The molecule has 0 saturated heterocycles. The van der Waals surface area contributed by atoms with Crippen LogP contribution in [0.4, 0.5) is 0 Å². The molecule has 2 aromatic rings. The van der Waals surface area contributed by atoms with Crippen molar-refractivity contribution in [2.45, 2.75) is 20.8 Å². The van der Waals surface area contributed by atoms with Crippen LogP contribution >= 0.6 is 15.9 Å². The third-order valence-corrected chi connectivity index (χ3v) is 3.89. The fourth-order valence-electron chi connectivity index (χ4n) is 2.09. The molecule has 1 N–H and O–H groups in total. The fourth-order valence-corrected chi connectivity index (χ4v) is 2.42. The summed E-state index contributed by atoms with van der Waals surface area (Å²) in [5, 5.41) is 10.0. The molecule has 2 aromatic carbocycles. The fraction of sp³-hybridized carbons (Fsp3) is 0.200. The highest BCUT2D eigenvalue weighted by atomic mass is 79.9. The topological polar surface area (TPSA) is 20.2 Å². The third-order valence-electron chi connectivity index (χ3n) is 3.03. The van der Waals surface area contributed by atoms with Gasteiger partial charge in [-0.2, -0.15) is 0 Å². The normalized spacial score (nSPS) is 10.6. The van der Waals surface area contributed by atoms with Gasteiger partial charge < -0.3 is 5.11 Å². The lowest BCUT2D eigenvalue weighted by molar-refractivity contribution is 0.477. The van der Waals surface area contributed by atoms with Gasteiger partial charge in [0.05, 0.1) is 0 Å². The Bertz CT molecular complexity index is 573. The van der Waals surface area contributed by atoms with E-state index in [2.05, 4.69) is 35.8 Å². The van der Waals surface area contributed by atoms with Crippen LogP contribution in [0, 0.1) is 20.8 Å². The maximum Gasteiger partial charge on any atom is 0.123 e. The second kappa shape index (κ2) is 4.53. The lowest BCUT2D eigenvalue weighted by Gasteiger charge is -2.13. The van der Waals surface area contributed by atoms with Crippen LogP contribution in [0.1, 0.15) is 16.7 Å². The summed E-state index contributed by atoms with van der Waals surface area (Å²) < 4.78 is 1.07. The van der Waals surface area contributed by atoms with Crippen molar-refractivity contribution in [2.24, 2.45) is 0 Å². The number of halogens is 1. The van der Waals surface area contributed by atoms with Crippen LogP contribution in [0.3, 0.4) is 0 Å². The van der Waals surface area contributed by atoms with E-state index in [0.29, 0.717) is 5.75 Å². The van der Waals surface area contributed by atoms with Gasteiger partial charge in [0.1, 0.15) is 5.75 Å². The zero-order valence-corrected chi connectivity index (χ0v) is 11.8. The van der Waals surface area contributed by atoms with Crippen molar-refractivity contribution in [3.63, 3.8) is 0 Å². The number of aromatic hydroxyl groups is 1. The quantitative estimate of drug-likeness (QED) is 0.804. The van der Waals surface area contributed by atoms with E-state index in [1.807, 2.05) is 25.1 Å². The molecule has 0 radical (unpaired) electrons. The molecule has 0 amide bonds. The molecular formula is C15H15BrO. The predicted molar refractivity (Wildman–Crippen MR) is 75.5 cm³/mol. The van der Waals surface area contributed by atoms with Crippen molar-refractivity contribution in [3.05, 3.63) is 51.5 Å². The Hall–Kier alpha value is -1.28. The summed E-state index contributed by atoms with van der Waals surface area (Å²) in [5.41, 5.74) is 5.50. The summed E-state index contributed by atoms with van der Waals surface area (Å²) in [7, 11) is 0. The largest absolute Gasteiger partial charge is 0.507 e. The Morgan fingerprint density at radius 2 is 1.71 bits per heavy atom. The van der Waals surface area contributed by atoms with Gasteiger partial charge in [-0.15, -0.1) is 0 Å². The Morgan fingerprint density at radius 3 is 2.41 bits per heavy atom. The molecule has 0 atom stereocenters. The van der Waals surface area contributed by atoms with Crippen LogP contribution in [0.5, 0.6) is 5.75 Å². The van der Waals surface area contributed by atoms with Crippen molar-refractivity contribution in [2.75, 3.05) is 0 Å². The first-order valence-corrected chi connectivity index (χ1v) is 6.35. The summed E-state index contributed by atoms with van der Waals surface area (Å²) in [4.78, 5) is 0. The third kappa shape index (κ3) is 2.22. The highest BCUT2D eigenvalue weighted by molar-refractivity contribution is 9.10. The summed E-state index contributed by atoms with van der Waals surface area (Å²) >= 11 is 3.54. The maximum atomic E-state index is 10.0. The van der Waals surface area contributed by atoms with Gasteiger partial charge in [-0.05, 0) is 55.7 Å². The van der Waals surface area contributed by atoms with Crippen LogP contribution in [-0.4, -0.2) is 5.11 Å². The van der Waals surface area contributed by atoms with Crippen molar-refractivity contribution >= 4 is 15.9 Å². The zero-order valence-electron chi connectivity index (χ0n) is 10.2. The molecule has 0 saturated carbocycles. The molecule has 0 spiro atoms. The monoisotopic (exact) mass is 290 g/mol. The van der Waals surface area contributed by atoms with Gasteiger partial charge in [-0.3, -0.25) is 0 Å². The van der Waals surface area contributed by atoms with Crippen LogP contribution in [0.25, 0.3) is 11.1 Å². The maximum absolute atomic E-state index is 10.0. The zero-order chi connectivity index (χ0) is 12.6. The SMILES string of the molecule is Cc1ccc(O)c(-c2c(C)ccc(Br)c2C)c1. The molecule has 2 rings (SSSR count). The van der Waals surface area contributed by atoms with E-state index in [1.54, 1.807) is 6.07 Å². The summed E-state index contributed by atoms with van der Waals surface area (Å²) in [5.74, 6) is 0.333. The minimum absolute atomic E-state index is 0.333. The van der Waals surface area contributed by atoms with Crippen molar-refractivity contribution in [1.29, 1.82) is 0 Å². The molecule has 0 heterocycles. The van der Waals surface area contributed by atoms with Crippen LogP contribution in [0.2, 0.25) is 0 Å². The van der Waals surface area contributed by atoms with Gasteiger partial charge in [-0.1, -0.05) is 33.6 Å². The van der Waals surface area contributed by atoms with Crippen LogP contribution < -0.4 is 0 Å². The number of phenols is 1. The lowest BCUT2D eigenvalue weighted by atomic mass is 9.94. The van der Waals surface area contributed by atoms with E-state index in [4.69, 9.17) is 0 Å². The number of hydrogen-bond donors (Lipinski definition) is 1. The molecule has 0 fully saturated rings. The molecule has 0 aliphatic carbocycles. The Morgan fingerprint density at radius 1 is 1.00 bits per heavy atom. The highest BCUT2D eigenvalue weighted by Gasteiger charge is 2.12. The molecule has 0 aliphatic heterocycles. The van der Waals surface area contributed by atoms with Gasteiger partial charge in [0.25, 0.3) is 0 Å². The lowest BCUT2D eigenvalue weighted by Crippen LogP contribution is -1.90. The summed E-state index contributed by atoms with van der Waals surface area (Å²) in [6, 6.07) is 9.80. The second-order valence-corrected chi connectivity index (χ2v) is 5.24. The Kier molecular flexibility index (Phi) is 3.25. The van der Waals surface area contributed by atoms with E-state index in [0.717, 1.165) is 26.7 Å². The minimum atomic E-state index is 0.333. The van der Waals surface area contributed by atoms with Gasteiger partial charge in [0.2, 0.25) is 0 Å². The van der Waals surface area contributed by atoms with E-state index in [1.165, 1.54) is 5.56 Å². The molecule has 0 unspecified atom stereocenters. The smallest absolute Gasteiger partial charge is 0.123 e. The average Bonchev–Trinajstić information content (AvgIpc) is 2.29. The van der Waals surface area contributed by atoms with Crippen molar-refractivity contribution in [3.8, 4) is 16.9 Å². The summed E-state index contributed by atoms with van der Waals surface area (Å²) in [6.07, 6.45) is 0. The molecule has 0 aromatic heterocycles. The van der Waals surface area contributed by atoms with Crippen LogP contribution in [0.15, 0.2) is 34.8 Å². The first-order chi connectivity index (χ1) is 8.00. The number of hydrogen-bond acceptors (Lipinski definition) is 1.